The van der Waals surface area contributed by atoms with Crippen LogP contribution in [0.5, 0.6) is 0 Å². The van der Waals surface area contributed by atoms with E-state index in [4.69, 9.17) is 5.84 Å². The number of pyridine rings is 1. The molecule has 2 heterocycles. The molecule has 5 heteroatoms. The Morgan fingerprint density at radius 2 is 2.19 bits per heavy atom. The summed E-state index contributed by atoms with van der Waals surface area (Å²) in [6.07, 6.45) is 3.56. The van der Waals surface area contributed by atoms with Gasteiger partial charge in [-0.25, -0.2) is 4.98 Å². The van der Waals surface area contributed by atoms with E-state index in [1.54, 1.807) is 18.3 Å². The number of amides is 1. The molecule has 5 nitrogen and oxygen atoms in total. The standard InChI is InChI=1S/C16H18N4O/c1-11-4-7-15-12(9-11)3-2-8-20(15)16(21)14-6-5-13(19-17)10-18-14/h4-7,9-10,19H,2-3,8,17H2,1H3. The number of rotatable bonds is 2. The molecule has 108 valence electrons. The van der Waals surface area contributed by atoms with Crippen molar-refractivity contribution in [3.8, 4) is 0 Å². The van der Waals surface area contributed by atoms with Crippen LogP contribution in [0.3, 0.4) is 0 Å². The topological polar surface area (TPSA) is 71.2 Å². The number of hydrogen-bond donors (Lipinski definition) is 2. The van der Waals surface area contributed by atoms with Gasteiger partial charge in [0.2, 0.25) is 0 Å². The van der Waals surface area contributed by atoms with Crippen molar-refractivity contribution in [2.75, 3.05) is 16.9 Å². The van der Waals surface area contributed by atoms with Gasteiger partial charge in [-0.2, -0.15) is 0 Å². The number of carbonyl (C=O) groups is 1. The first-order valence-corrected chi connectivity index (χ1v) is 7.03. The Bertz CT molecular complexity index is 666. The average Bonchev–Trinajstić information content (AvgIpc) is 2.53. The van der Waals surface area contributed by atoms with E-state index >= 15 is 0 Å². The van der Waals surface area contributed by atoms with Gasteiger partial charge < -0.3 is 10.3 Å². The quantitative estimate of drug-likeness (QED) is 0.655. The Morgan fingerprint density at radius 1 is 1.33 bits per heavy atom. The minimum atomic E-state index is -0.0663. The number of aromatic nitrogens is 1. The van der Waals surface area contributed by atoms with E-state index < -0.39 is 0 Å². The van der Waals surface area contributed by atoms with Gasteiger partial charge in [0.05, 0.1) is 11.9 Å². The fraction of sp³-hybridized carbons (Fsp3) is 0.250. The molecule has 0 saturated heterocycles. The molecular formula is C16H18N4O. The highest BCUT2D eigenvalue weighted by Crippen LogP contribution is 2.29. The molecule has 1 amide bonds. The third-order valence-corrected chi connectivity index (χ3v) is 3.75. The van der Waals surface area contributed by atoms with Gasteiger partial charge >= 0.3 is 0 Å². The SMILES string of the molecule is Cc1ccc2c(c1)CCCN2C(=O)c1ccc(NN)cn1. The number of nitrogens with zero attached hydrogens (tertiary/aromatic N) is 2. The minimum Gasteiger partial charge on any atom is -0.323 e. The average molecular weight is 282 g/mol. The van der Waals surface area contributed by atoms with Crippen LogP contribution in [0.15, 0.2) is 36.5 Å². The smallest absolute Gasteiger partial charge is 0.276 e. The molecule has 1 aliphatic rings. The summed E-state index contributed by atoms with van der Waals surface area (Å²) in [4.78, 5) is 18.7. The number of nitrogens with one attached hydrogen (secondary N) is 1. The highest BCUT2D eigenvalue weighted by Gasteiger charge is 2.24. The van der Waals surface area contributed by atoms with Gasteiger partial charge in [-0.05, 0) is 43.5 Å². The monoisotopic (exact) mass is 282 g/mol. The summed E-state index contributed by atoms with van der Waals surface area (Å²) in [5, 5.41) is 0. The van der Waals surface area contributed by atoms with E-state index in [9.17, 15) is 4.79 Å². The Hall–Kier alpha value is -2.40. The van der Waals surface area contributed by atoms with Crippen LogP contribution in [0.2, 0.25) is 0 Å². The zero-order valence-electron chi connectivity index (χ0n) is 12.0. The lowest BCUT2D eigenvalue weighted by atomic mass is 9.99. The molecule has 1 aromatic heterocycles. The fourth-order valence-corrected chi connectivity index (χ4v) is 2.68. The summed E-state index contributed by atoms with van der Waals surface area (Å²) in [6.45, 7) is 2.80. The molecular weight excluding hydrogens is 264 g/mol. The Kier molecular flexibility index (Phi) is 3.58. The van der Waals surface area contributed by atoms with Gasteiger partial charge in [0, 0.05) is 12.2 Å². The van der Waals surface area contributed by atoms with Crippen LogP contribution in [0, 0.1) is 6.92 Å². The third kappa shape index (κ3) is 2.60. The molecule has 0 bridgehead atoms. The number of nitrogen functional groups attached to an aromatic ring is 1. The summed E-state index contributed by atoms with van der Waals surface area (Å²) in [7, 11) is 0. The fourth-order valence-electron chi connectivity index (χ4n) is 2.68. The lowest BCUT2D eigenvalue weighted by molar-refractivity contribution is 0.0980. The van der Waals surface area contributed by atoms with Crippen molar-refractivity contribution in [3.63, 3.8) is 0 Å². The summed E-state index contributed by atoms with van der Waals surface area (Å²) < 4.78 is 0. The van der Waals surface area contributed by atoms with Crippen molar-refractivity contribution >= 4 is 17.3 Å². The molecule has 0 aliphatic carbocycles. The first-order chi connectivity index (χ1) is 10.2. The van der Waals surface area contributed by atoms with Crippen LogP contribution in [-0.4, -0.2) is 17.4 Å². The van der Waals surface area contributed by atoms with Crippen molar-refractivity contribution in [3.05, 3.63) is 53.3 Å². The molecule has 0 saturated carbocycles. The van der Waals surface area contributed by atoms with Crippen LogP contribution >= 0.6 is 0 Å². The van der Waals surface area contributed by atoms with Crippen LogP contribution in [0.25, 0.3) is 0 Å². The molecule has 1 aromatic carbocycles. The maximum absolute atomic E-state index is 12.7. The number of hydrogen-bond acceptors (Lipinski definition) is 4. The van der Waals surface area contributed by atoms with Crippen LogP contribution in [-0.2, 0) is 6.42 Å². The molecule has 1 aliphatic heterocycles. The van der Waals surface area contributed by atoms with Crippen molar-refractivity contribution in [1.29, 1.82) is 0 Å². The predicted molar refractivity (Wildman–Crippen MR) is 83.2 cm³/mol. The number of aryl methyl sites for hydroxylation is 2. The van der Waals surface area contributed by atoms with E-state index in [1.165, 1.54) is 11.1 Å². The predicted octanol–water partition coefficient (Wildman–Crippen LogP) is 2.27. The number of carbonyl (C=O) groups excluding carboxylic acids is 1. The van der Waals surface area contributed by atoms with Gasteiger partial charge in [0.25, 0.3) is 5.91 Å². The summed E-state index contributed by atoms with van der Waals surface area (Å²) >= 11 is 0. The number of fused-ring (bicyclic) bond motifs is 1. The largest absolute Gasteiger partial charge is 0.323 e. The number of hydrazine groups is 1. The zero-order chi connectivity index (χ0) is 14.8. The number of benzene rings is 1. The first-order valence-electron chi connectivity index (χ1n) is 7.03. The van der Waals surface area contributed by atoms with Gasteiger partial charge in [-0.15, -0.1) is 0 Å². The van der Waals surface area contributed by atoms with E-state index in [0.29, 0.717) is 11.4 Å². The van der Waals surface area contributed by atoms with Gasteiger partial charge in [0.15, 0.2) is 0 Å². The normalized spacial score (nSPS) is 13.7. The molecule has 3 rings (SSSR count). The summed E-state index contributed by atoms with van der Waals surface area (Å²) in [6, 6.07) is 9.67. The highest BCUT2D eigenvalue weighted by molar-refractivity contribution is 6.05. The third-order valence-electron chi connectivity index (χ3n) is 3.75. The molecule has 0 atom stereocenters. The van der Waals surface area contributed by atoms with Crippen LogP contribution in [0.4, 0.5) is 11.4 Å². The zero-order valence-corrected chi connectivity index (χ0v) is 12.0. The maximum Gasteiger partial charge on any atom is 0.276 e. The Balaban J connectivity index is 1.92. The second-order valence-electron chi connectivity index (χ2n) is 5.27. The molecule has 0 radical (unpaired) electrons. The van der Waals surface area contributed by atoms with Crippen LogP contribution < -0.4 is 16.2 Å². The number of anilines is 2. The van der Waals surface area contributed by atoms with E-state index in [-0.39, 0.29) is 5.91 Å². The van der Waals surface area contributed by atoms with Gasteiger partial charge in [-0.3, -0.25) is 10.6 Å². The first kappa shape index (κ1) is 13.6. The van der Waals surface area contributed by atoms with Crippen molar-refractivity contribution < 1.29 is 4.79 Å². The van der Waals surface area contributed by atoms with Gasteiger partial charge in [-0.1, -0.05) is 17.7 Å². The molecule has 0 unspecified atom stereocenters. The lowest BCUT2D eigenvalue weighted by Gasteiger charge is -2.29. The Morgan fingerprint density at radius 3 is 2.90 bits per heavy atom. The summed E-state index contributed by atoms with van der Waals surface area (Å²) in [5.41, 5.74) is 7.07. The molecule has 21 heavy (non-hydrogen) atoms. The van der Waals surface area contributed by atoms with Crippen LogP contribution in [0.1, 0.15) is 28.0 Å². The van der Waals surface area contributed by atoms with E-state index in [2.05, 4.69) is 23.4 Å². The number of nitrogens with two attached hydrogens (primary N) is 1. The van der Waals surface area contributed by atoms with Crippen molar-refractivity contribution in [2.24, 2.45) is 5.84 Å². The lowest BCUT2D eigenvalue weighted by Crippen LogP contribution is -2.36. The molecule has 0 spiro atoms. The maximum atomic E-state index is 12.7. The minimum absolute atomic E-state index is 0.0663. The second-order valence-corrected chi connectivity index (χ2v) is 5.27. The second kappa shape index (κ2) is 5.54. The Labute approximate surface area is 123 Å². The molecule has 0 fully saturated rings. The van der Waals surface area contributed by atoms with Gasteiger partial charge in [0.1, 0.15) is 5.69 Å². The van der Waals surface area contributed by atoms with E-state index in [1.807, 2.05) is 17.0 Å². The highest BCUT2D eigenvalue weighted by atomic mass is 16.2. The summed E-state index contributed by atoms with van der Waals surface area (Å²) in [5.74, 6) is 5.24. The molecule has 3 N–H and O–H groups in total. The molecule has 2 aromatic rings. The van der Waals surface area contributed by atoms with Crippen molar-refractivity contribution in [1.82, 2.24) is 4.98 Å². The van der Waals surface area contributed by atoms with Crippen molar-refractivity contribution in [2.45, 2.75) is 19.8 Å². The van der Waals surface area contributed by atoms with E-state index in [0.717, 1.165) is 25.1 Å².